The lowest BCUT2D eigenvalue weighted by molar-refractivity contribution is 0.564. The van der Waals surface area contributed by atoms with Gasteiger partial charge in [-0.1, -0.05) is 0 Å². The molecule has 1 aliphatic rings. The van der Waals surface area contributed by atoms with E-state index in [1.54, 1.807) is 6.20 Å². The summed E-state index contributed by atoms with van der Waals surface area (Å²) in [5.74, 6) is 3.60. The Bertz CT molecular complexity index is 340. The van der Waals surface area contributed by atoms with Gasteiger partial charge in [-0.15, -0.1) is 4.99 Å². The molecule has 4 nitrogen and oxygen atoms in total. The Morgan fingerprint density at radius 2 is 2.67 bits per heavy atom. The Labute approximate surface area is 73.7 Å². The van der Waals surface area contributed by atoms with E-state index in [9.17, 15) is 4.79 Å². The van der Waals surface area contributed by atoms with Gasteiger partial charge in [-0.2, -0.15) is 11.8 Å². The van der Waals surface area contributed by atoms with Crippen LogP contribution in [0.5, 0.6) is 0 Å². The second-order valence-electron chi connectivity index (χ2n) is 2.44. The van der Waals surface area contributed by atoms with Crippen LogP contribution in [0.25, 0.3) is 0 Å². The molecule has 0 spiro atoms. The maximum absolute atomic E-state index is 10.0. The maximum atomic E-state index is 10.0. The number of aromatic nitrogens is 2. The molecule has 0 aliphatic carbocycles. The maximum Gasteiger partial charge on any atom is 0.242 e. The third-order valence-corrected chi connectivity index (χ3v) is 2.70. The Morgan fingerprint density at radius 1 is 1.75 bits per heavy atom. The molecule has 0 aromatic carbocycles. The van der Waals surface area contributed by atoms with E-state index in [1.165, 1.54) is 6.08 Å². The summed E-state index contributed by atoms with van der Waals surface area (Å²) >= 11 is 1.85. The summed E-state index contributed by atoms with van der Waals surface area (Å²) in [6, 6.07) is 0. The smallest absolute Gasteiger partial charge is 0.242 e. The van der Waals surface area contributed by atoms with Crippen LogP contribution in [-0.2, 0) is 17.1 Å². The van der Waals surface area contributed by atoms with Crippen molar-refractivity contribution < 1.29 is 4.79 Å². The van der Waals surface area contributed by atoms with E-state index in [1.807, 2.05) is 16.3 Å². The van der Waals surface area contributed by atoms with Gasteiger partial charge in [0.05, 0.1) is 11.9 Å². The molecule has 12 heavy (non-hydrogen) atoms. The second kappa shape index (κ2) is 3.13. The van der Waals surface area contributed by atoms with Crippen LogP contribution in [-0.4, -0.2) is 21.4 Å². The number of isocyanates is 1. The first-order valence-corrected chi connectivity index (χ1v) is 4.77. The predicted molar refractivity (Wildman–Crippen MR) is 46.2 cm³/mol. The normalized spacial score (nSPS) is 15.0. The summed E-state index contributed by atoms with van der Waals surface area (Å²) in [4.78, 5) is 17.7. The number of aliphatic imine (C=N–C) groups is 1. The van der Waals surface area contributed by atoms with Gasteiger partial charge in [0.25, 0.3) is 0 Å². The fourth-order valence-electron chi connectivity index (χ4n) is 1.22. The molecule has 1 aromatic rings. The van der Waals surface area contributed by atoms with Crippen LogP contribution in [0.15, 0.2) is 11.2 Å². The van der Waals surface area contributed by atoms with Crippen LogP contribution >= 0.6 is 11.8 Å². The van der Waals surface area contributed by atoms with Crippen LogP contribution in [0.3, 0.4) is 0 Å². The van der Waals surface area contributed by atoms with E-state index in [2.05, 4.69) is 9.98 Å². The minimum absolute atomic E-state index is 0.625. The highest BCUT2D eigenvalue weighted by atomic mass is 32.2. The van der Waals surface area contributed by atoms with Crippen molar-refractivity contribution in [1.29, 1.82) is 0 Å². The zero-order chi connectivity index (χ0) is 8.39. The average Bonchev–Trinajstić information content (AvgIpc) is 2.50. The molecule has 2 rings (SSSR count). The van der Waals surface area contributed by atoms with Crippen LogP contribution in [0, 0.1) is 0 Å². The van der Waals surface area contributed by atoms with Crippen molar-refractivity contribution in [2.45, 2.75) is 12.3 Å². The third-order valence-electron chi connectivity index (χ3n) is 1.77. The van der Waals surface area contributed by atoms with E-state index in [0.717, 1.165) is 23.9 Å². The summed E-state index contributed by atoms with van der Waals surface area (Å²) in [6.45, 7) is 0.889. The highest BCUT2D eigenvalue weighted by molar-refractivity contribution is 7.98. The predicted octanol–water partition coefficient (Wildman–Crippen LogP) is 1.10. The molecule has 0 N–H and O–H groups in total. The number of carbonyl (C=O) groups excluding carboxylic acids is 1. The summed E-state index contributed by atoms with van der Waals surface area (Å²) in [6.07, 6.45) is 3.14. The lowest BCUT2D eigenvalue weighted by atomic mass is 10.6. The Balaban J connectivity index is 2.44. The van der Waals surface area contributed by atoms with Gasteiger partial charge in [0.15, 0.2) is 5.82 Å². The SMILES string of the molecule is O=C=Nc1cnc2n1CCSC2. The summed E-state index contributed by atoms with van der Waals surface area (Å²) in [5, 5.41) is 0. The van der Waals surface area contributed by atoms with Gasteiger partial charge in [0, 0.05) is 12.3 Å². The fraction of sp³-hybridized carbons (Fsp3) is 0.429. The molecule has 0 amide bonds. The molecule has 2 heterocycles. The molecule has 1 aliphatic heterocycles. The van der Waals surface area contributed by atoms with Gasteiger partial charge in [0.1, 0.15) is 5.82 Å². The molecule has 0 atom stereocenters. The van der Waals surface area contributed by atoms with Crippen molar-refractivity contribution in [2.75, 3.05) is 5.75 Å². The van der Waals surface area contributed by atoms with Crippen LogP contribution in [0.2, 0.25) is 0 Å². The van der Waals surface area contributed by atoms with Gasteiger partial charge in [-0.05, 0) is 0 Å². The highest BCUT2D eigenvalue weighted by Crippen LogP contribution is 2.23. The van der Waals surface area contributed by atoms with E-state index in [0.29, 0.717) is 5.82 Å². The first-order chi connectivity index (χ1) is 5.92. The van der Waals surface area contributed by atoms with Crippen molar-refractivity contribution in [1.82, 2.24) is 9.55 Å². The number of hydrogen-bond acceptors (Lipinski definition) is 4. The second-order valence-corrected chi connectivity index (χ2v) is 3.55. The fourth-order valence-corrected chi connectivity index (χ4v) is 2.09. The molecule has 5 heteroatoms. The number of nitrogens with zero attached hydrogens (tertiary/aromatic N) is 3. The minimum atomic E-state index is 0.625. The molecule has 0 radical (unpaired) electrons. The molecule has 0 bridgehead atoms. The Hall–Kier alpha value is -1.06. The molecule has 0 saturated heterocycles. The third kappa shape index (κ3) is 1.17. The van der Waals surface area contributed by atoms with E-state index in [4.69, 9.17) is 0 Å². The monoisotopic (exact) mass is 181 g/mol. The van der Waals surface area contributed by atoms with Crippen LogP contribution in [0.1, 0.15) is 5.82 Å². The van der Waals surface area contributed by atoms with Gasteiger partial charge in [-0.25, -0.2) is 9.78 Å². The van der Waals surface area contributed by atoms with Gasteiger partial charge < -0.3 is 4.57 Å². The minimum Gasteiger partial charge on any atom is -0.311 e. The molecule has 0 fully saturated rings. The first kappa shape index (κ1) is 7.58. The number of imidazole rings is 1. The Morgan fingerprint density at radius 3 is 3.50 bits per heavy atom. The number of rotatable bonds is 1. The van der Waals surface area contributed by atoms with E-state index >= 15 is 0 Å². The highest BCUT2D eigenvalue weighted by Gasteiger charge is 2.13. The lowest BCUT2D eigenvalue weighted by Gasteiger charge is -2.13. The summed E-state index contributed by atoms with van der Waals surface area (Å²) < 4.78 is 1.96. The van der Waals surface area contributed by atoms with Crippen molar-refractivity contribution >= 4 is 23.7 Å². The lowest BCUT2D eigenvalue weighted by Crippen LogP contribution is -2.10. The first-order valence-electron chi connectivity index (χ1n) is 3.62. The van der Waals surface area contributed by atoms with Crippen molar-refractivity contribution in [3.8, 4) is 0 Å². The number of hydrogen-bond donors (Lipinski definition) is 0. The van der Waals surface area contributed by atoms with E-state index < -0.39 is 0 Å². The zero-order valence-corrected chi connectivity index (χ0v) is 7.17. The molecule has 1 aromatic heterocycles. The van der Waals surface area contributed by atoms with E-state index in [-0.39, 0.29) is 0 Å². The molecule has 62 valence electrons. The zero-order valence-electron chi connectivity index (χ0n) is 6.36. The van der Waals surface area contributed by atoms with Gasteiger partial charge >= 0.3 is 0 Å². The molecule has 0 unspecified atom stereocenters. The van der Waals surface area contributed by atoms with Crippen LogP contribution < -0.4 is 0 Å². The average molecular weight is 181 g/mol. The summed E-state index contributed by atoms with van der Waals surface area (Å²) in [5.41, 5.74) is 0. The molecule has 0 saturated carbocycles. The quantitative estimate of drug-likeness (QED) is 0.481. The molecular weight excluding hydrogens is 174 g/mol. The largest absolute Gasteiger partial charge is 0.311 e. The van der Waals surface area contributed by atoms with Gasteiger partial charge in [0.2, 0.25) is 6.08 Å². The van der Waals surface area contributed by atoms with Crippen LogP contribution in [0.4, 0.5) is 5.82 Å². The van der Waals surface area contributed by atoms with Crippen molar-refractivity contribution in [3.05, 3.63) is 12.0 Å². The molecular formula is C7H7N3OS. The Kier molecular flexibility index (Phi) is 1.98. The van der Waals surface area contributed by atoms with Gasteiger partial charge in [-0.3, -0.25) is 0 Å². The standard InChI is InChI=1S/C7H7N3OS/c11-5-9-6-3-8-7-4-12-2-1-10(6)7/h3H,1-2,4H2. The number of fused-ring (bicyclic) bond motifs is 1. The number of thioether (sulfide) groups is 1. The van der Waals surface area contributed by atoms with Crippen molar-refractivity contribution in [3.63, 3.8) is 0 Å². The summed E-state index contributed by atoms with van der Waals surface area (Å²) in [7, 11) is 0. The van der Waals surface area contributed by atoms with Crippen molar-refractivity contribution in [2.24, 2.45) is 4.99 Å². The topological polar surface area (TPSA) is 47.2 Å².